The van der Waals surface area contributed by atoms with Crippen molar-refractivity contribution in [2.75, 3.05) is 13.6 Å². The second-order valence-corrected chi connectivity index (χ2v) is 8.62. The third kappa shape index (κ3) is 3.65. The lowest BCUT2D eigenvalue weighted by Crippen LogP contribution is -2.54. The van der Waals surface area contributed by atoms with Gasteiger partial charge in [-0.25, -0.2) is 0 Å². The number of carbonyl (C=O) groups is 1. The van der Waals surface area contributed by atoms with Crippen LogP contribution in [0.1, 0.15) is 63.5 Å². The van der Waals surface area contributed by atoms with Crippen LogP contribution in [-0.2, 0) is 16.8 Å². The van der Waals surface area contributed by atoms with Gasteiger partial charge in [0.2, 0.25) is 0 Å². The molecule has 0 amide bonds. The molecule has 2 N–H and O–H groups in total. The van der Waals surface area contributed by atoms with Crippen LogP contribution in [0.15, 0.2) is 17.3 Å². The third-order valence-electron chi connectivity index (χ3n) is 6.54. The second-order valence-electron chi connectivity index (χ2n) is 8.62. The van der Waals surface area contributed by atoms with Gasteiger partial charge in [-0.05, 0) is 67.9 Å². The van der Waals surface area contributed by atoms with Gasteiger partial charge in [0.15, 0.2) is 5.69 Å². The average molecular weight is 374 g/mol. The summed E-state index contributed by atoms with van der Waals surface area (Å²) in [7, 11) is 2.03. The van der Waals surface area contributed by atoms with Crippen molar-refractivity contribution in [1.82, 2.24) is 4.90 Å². The molecule has 0 spiro atoms. The van der Waals surface area contributed by atoms with Crippen molar-refractivity contribution in [1.29, 1.82) is 0 Å². The fraction of sp³-hybridized carbons (Fsp3) is 0.667. The number of aliphatic hydroxyl groups is 1. The molecular formula is C21H30N2O4. The van der Waals surface area contributed by atoms with Gasteiger partial charge in [0, 0.05) is 31.3 Å². The Morgan fingerprint density at radius 2 is 2.04 bits per heavy atom. The normalized spacial score (nSPS) is 28.6. The number of nitrogens with zero attached hydrogens (tertiary/aromatic N) is 2. The quantitative estimate of drug-likeness (QED) is 0.709. The summed E-state index contributed by atoms with van der Waals surface area (Å²) in [4.78, 5) is 26.3. The molecule has 1 aromatic rings. The molecule has 0 aromatic heterocycles. The predicted molar refractivity (Wildman–Crippen MR) is 104 cm³/mol. The highest BCUT2D eigenvalue weighted by Gasteiger charge is 2.53. The summed E-state index contributed by atoms with van der Waals surface area (Å²) in [5.74, 6) is 0.592. The van der Waals surface area contributed by atoms with Crippen molar-refractivity contribution in [2.24, 2.45) is 11.1 Å². The van der Waals surface area contributed by atoms with Gasteiger partial charge in [-0.15, -0.1) is 4.91 Å². The number of hydrogen-bond acceptors (Lipinski definition) is 6. The molecule has 27 heavy (non-hydrogen) atoms. The Labute approximate surface area is 160 Å². The summed E-state index contributed by atoms with van der Waals surface area (Å²) in [6.07, 6.45) is 3.80. The van der Waals surface area contributed by atoms with Crippen molar-refractivity contribution in [3.05, 3.63) is 28.2 Å². The van der Waals surface area contributed by atoms with Gasteiger partial charge in [0.25, 0.3) is 0 Å². The Morgan fingerprint density at radius 3 is 2.63 bits per heavy atom. The van der Waals surface area contributed by atoms with E-state index in [1.807, 2.05) is 14.0 Å². The molecule has 2 saturated carbocycles. The average Bonchev–Trinajstić information content (AvgIpc) is 3.42. The van der Waals surface area contributed by atoms with E-state index in [4.69, 9.17) is 0 Å². The van der Waals surface area contributed by atoms with Crippen LogP contribution in [0, 0.1) is 10.8 Å². The summed E-state index contributed by atoms with van der Waals surface area (Å²) < 4.78 is 0. The Kier molecular flexibility index (Phi) is 5.41. The first-order valence-electron chi connectivity index (χ1n) is 9.85. The number of hydrogen-bond donors (Lipinski definition) is 2. The van der Waals surface area contributed by atoms with Crippen LogP contribution >= 0.6 is 0 Å². The van der Waals surface area contributed by atoms with Crippen LogP contribution in [0.4, 0.5) is 5.69 Å². The molecule has 0 heterocycles. The van der Waals surface area contributed by atoms with E-state index in [1.54, 1.807) is 13.0 Å². The molecule has 1 aromatic carbocycles. The summed E-state index contributed by atoms with van der Waals surface area (Å²) in [5, 5.41) is 24.7. The lowest BCUT2D eigenvalue weighted by molar-refractivity contribution is -0.133. The first kappa shape index (κ1) is 20.0. The number of carbonyl (C=O) groups excluding carboxylic acids is 1. The molecule has 148 valence electrons. The molecule has 0 saturated heterocycles. The van der Waals surface area contributed by atoms with Crippen LogP contribution in [0.2, 0.25) is 0 Å². The van der Waals surface area contributed by atoms with Crippen molar-refractivity contribution < 1.29 is 15.0 Å². The number of benzene rings is 1. The zero-order valence-corrected chi connectivity index (χ0v) is 16.5. The molecule has 0 aliphatic heterocycles. The maximum Gasteiger partial charge on any atom is 0.153 e. The first-order valence-corrected chi connectivity index (χ1v) is 9.85. The zero-order valence-electron chi connectivity index (χ0n) is 16.5. The van der Waals surface area contributed by atoms with E-state index in [0.29, 0.717) is 31.4 Å². The zero-order chi connectivity index (χ0) is 19.8. The molecule has 3 rings (SSSR count). The Morgan fingerprint density at radius 1 is 1.33 bits per heavy atom. The molecular weight excluding hydrogens is 344 g/mol. The predicted octanol–water partition coefficient (Wildman–Crippen LogP) is 3.78. The van der Waals surface area contributed by atoms with Gasteiger partial charge in [0.05, 0.1) is 5.60 Å². The smallest absolute Gasteiger partial charge is 0.153 e. The fourth-order valence-electron chi connectivity index (χ4n) is 4.75. The highest BCUT2D eigenvalue weighted by Crippen LogP contribution is 2.53. The summed E-state index contributed by atoms with van der Waals surface area (Å²) in [6.45, 7) is 5.21. The highest BCUT2D eigenvalue weighted by molar-refractivity contribution is 5.83. The minimum absolute atomic E-state index is 0.0378. The minimum Gasteiger partial charge on any atom is -0.506 e. The SMILES string of the molecule is CC[C@]1(c2c(CN(C)CC3CC3)ccc(O)c2N=O)CC(=O)CC[C@]1(C)O. The van der Waals surface area contributed by atoms with Crippen LogP contribution < -0.4 is 0 Å². The summed E-state index contributed by atoms with van der Waals surface area (Å²) in [6, 6.07) is 3.29. The Balaban J connectivity index is 2.13. The molecule has 0 unspecified atom stereocenters. The van der Waals surface area contributed by atoms with E-state index < -0.39 is 11.0 Å². The van der Waals surface area contributed by atoms with Crippen LogP contribution in [0.5, 0.6) is 5.75 Å². The fourth-order valence-corrected chi connectivity index (χ4v) is 4.75. The molecule has 0 radical (unpaired) electrons. The van der Waals surface area contributed by atoms with E-state index in [2.05, 4.69) is 10.1 Å². The van der Waals surface area contributed by atoms with Crippen molar-refractivity contribution >= 4 is 11.5 Å². The number of aromatic hydroxyl groups is 1. The third-order valence-corrected chi connectivity index (χ3v) is 6.54. The van der Waals surface area contributed by atoms with E-state index >= 15 is 0 Å². The molecule has 2 aliphatic rings. The second kappa shape index (κ2) is 7.32. The van der Waals surface area contributed by atoms with Crippen molar-refractivity contribution in [3.8, 4) is 5.75 Å². The maximum atomic E-state index is 12.4. The summed E-state index contributed by atoms with van der Waals surface area (Å²) in [5.41, 5.74) is -0.737. The molecule has 2 atom stereocenters. The first-order chi connectivity index (χ1) is 12.7. The van der Waals surface area contributed by atoms with E-state index in [0.717, 1.165) is 18.0 Å². The lowest BCUT2D eigenvalue weighted by Gasteiger charge is -2.49. The highest BCUT2D eigenvalue weighted by atomic mass is 16.3. The number of phenols is 1. The monoisotopic (exact) mass is 374 g/mol. The standard InChI is InChI=1S/C21H30N2O4/c1-4-21(11-16(24)9-10-20(21,2)26)18-15(7-8-17(25)19(18)22-27)13-23(3)12-14-5-6-14/h7-8,14,25-26H,4-6,9-13H2,1-3H3/t20-,21+/m0/s1. The van der Waals surface area contributed by atoms with Gasteiger partial charge >= 0.3 is 0 Å². The molecule has 2 aliphatic carbocycles. The molecule has 0 bridgehead atoms. The van der Waals surface area contributed by atoms with E-state index in [1.165, 1.54) is 18.9 Å². The van der Waals surface area contributed by atoms with Gasteiger partial charge < -0.3 is 15.1 Å². The maximum absolute atomic E-state index is 12.4. The van der Waals surface area contributed by atoms with Gasteiger partial charge in [-0.3, -0.25) is 4.79 Å². The van der Waals surface area contributed by atoms with E-state index in [-0.39, 0.29) is 23.6 Å². The van der Waals surface area contributed by atoms with Crippen LogP contribution in [0.25, 0.3) is 0 Å². The number of ketones is 1. The van der Waals surface area contributed by atoms with Crippen LogP contribution in [0.3, 0.4) is 0 Å². The van der Waals surface area contributed by atoms with Gasteiger partial charge in [-0.1, -0.05) is 13.0 Å². The Bertz CT molecular complexity index is 742. The number of phenolic OH excluding ortho intramolecular Hbond substituents is 1. The number of rotatable bonds is 7. The van der Waals surface area contributed by atoms with Gasteiger partial charge in [-0.2, -0.15) is 0 Å². The van der Waals surface area contributed by atoms with Crippen molar-refractivity contribution in [3.63, 3.8) is 0 Å². The van der Waals surface area contributed by atoms with Gasteiger partial charge in [0.1, 0.15) is 11.5 Å². The lowest BCUT2D eigenvalue weighted by atomic mass is 9.57. The number of Topliss-reactive ketones (excluding diaryl/α,β-unsaturated/α-hetero) is 1. The van der Waals surface area contributed by atoms with Crippen molar-refractivity contribution in [2.45, 2.75) is 69.9 Å². The number of nitroso groups, excluding NO2 is 1. The largest absolute Gasteiger partial charge is 0.506 e. The van der Waals surface area contributed by atoms with Crippen LogP contribution in [-0.4, -0.2) is 40.1 Å². The summed E-state index contributed by atoms with van der Waals surface area (Å²) >= 11 is 0. The molecule has 2 fully saturated rings. The molecule has 6 heteroatoms. The Hall–Kier alpha value is -1.79. The molecule has 6 nitrogen and oxygen atoms in total. The van der Waals surface area contributed by atoms with E-state index in [9.17, 15) is 19.9 Å². The minimum atomic E-state index is -1.16. The topological polar surface area (TPSA) is 90.2 Å².